The summed E-state index contributed by atoms with van der Waals surface area (Å²) in [5.41, 5.74) is 3.16. The molecule has 2 aromatic carbocycles. The molecular formula is C24H30IN3O. The maximum atomic E-state index is 6.12. The molecule has 3 aliphatic rings. The van der Waals surface area contributed by atoms with Crippen molar-refractivity contribution in [3.63, 3.8) is 0 Å². The fourth-order valence-corrected chi connectivity index (χ4v) is 5.18. The average Bonchev–Trinajstić information content (AvgIpc) is 3.28. The maximum absolute atomic E-state index is 6.12. The molecule has 1 aliphatic heterocycles. The van der Waals surface area contributed by atoms with Gasteiger partial charge in [-0.05, 0) is 47.4 Å². The molecule has 3 unspecified atom stereocenters. The Hall–Kier alpha value is -1.76. The van der Waals surface area contributed by atoms with Gasteiger partial charge in [0.05, 0.1) is 0 Å². The molecule has 0 spiro atoms. The van der Waals surface area contributed by atoms with Gasteiger partial charge in [0, 0.05) is 39.5 Å². The van der Waals surface area contributed by atoms with Crippen LogP contribution in [-0.4, -0.2) is 43.6 Å². The third-order valence-corrected chi connectivity index (χ3v) is 6.70. The first-order valence-electron chi connectivity index (χ1n) is 10.6. The van der Waals surface area contributed by atoms with Crippen LogP contribution in [0.1, 0.15) is 29.9 Å². The predicted molar refractivity (Wildman–Crippen MR) is 128 cm³/mol. The van der Waals surface area contributed by atoms with Crippen molar-refractivity contribution in [3.8, 4) is 5.75 Å². The van der Waals surface area contributed by atoms with Crippen molar-refractivity contribution in [2.24, 2.45) is 16.8 Å². The summed E-state index contributed by atoms with van der Waals surface area (Å²) in [6, 6.07) is 19.1. The molecule has 2 aliphatic carbocycles. The van der Waals surface area contributed by atoms with Gasteiger partial charge in [0.2, 0.25) is 0 Å². The van der Waals surface area contributed by atoms with Crippen LogP contribution in [0.5, 0.6) is 5.75 Å². The fraction of sp³-hybridized carbons (Fsp3) is 0.458. The van der Waals surface area contributed by atoms with E-state index in [0.29, 0.717) is 6.10 Å². The largest absolute Gasteiger partial charge is 0.490 e. The van der Waals surface area contributed by atoms with Crippen LogP contribution in [0.4, 0.5) is 0 Å². The van der Waals surface area contributed by atoms with Crippen molar-refractivity contribution in [1.29, 1.82) is 0 Å². The third-order valence-electron chi connectivity index (χ3n) is 6.70. The number of nitrogens with zero attached hydrogens (tertiary/aromatic N) is 2. The van der Waals surface area contributed by atoms with Crippen LogP contribution >= 0.6 is 24.0 Å². The van der Waals surface area contributed by atoms with Gasteiger partial charge in [-0.2, -0.15) is 0 Å². The van der Waals surface area contributed by atoms with E-state index in [9.17, 15) is 0 Å². The minimum absolute atomic E-state index is 0. The number of nitrogens with one attached hydrogen (secondary N) is 1. The number of piperidine rings is 1. The van der Waals surface area contributed by atoms with Crippen LogP contribution in [0.15, 0.2) is 59.6 Å². The quantitative estimate of drug-likeness (QED) is 0.384. The van der Waals surface area contributed by atoms with Gasteiger partial charge in [0.1, 0.15) is 11.9 Å². The SMILES string of the molecule is CN=C(NCC1C2Cc3ccccc3C12)N1CCC(Oc2ccccc2)CC1.I. The Morgan fingerprint density at radius 3 is 2.55 bits per heavy atom. The van der Waals surface area contributed by atoms with Crippen molar-refractivity contribution in [2.45, 2.75) is 31.3 Å². The number of halogens is 1. The first-order valence-corrected chi connectivity index (χ1v) is 10.6. The van der Waals surface area contributed by atoms with Gasteiger partial charge in [-0.1, -0.05) is 42.5 Å². The summed E-state index contributed by atoms with van der Waals surface area (Å²) in [6.07, 6.45) is 3.64. The molecule has 1 heterocycles. The van der Waals surface area contributed by atoms with Gasteiger partial charge in [-0.15, -0.1) is 24.0 Å². The topological polar surface area (TPSA) is 36.9 Å². The standard InChI is InChI=1S/C24H29N3O.HI/c1-25-24(26-16-22-21-15-17-7-5-6-10-20(17)23(21)22)27-13-11-19(12-14-27)28-18-8-3-2-4-9-18;/h2-10,19,21-23H,11-16H2,1H3,(H,25,26);1H. The van der Waals surface area contributed by atoms with E-state index in [-0.39, 0.29) is 24.0 Å². The molecule has 2 fully saturated rings. The summed E-state index contributed by atoms with van der Waals surface area (Å²) < 4.78 is 6.12. The van der Waals surface area contributed by atoms with E-state index >= 15 is 0 Å². The maximum Gasteiger partial charge on any atom is 0.193 e. The second kappa shape index (κ2) is 8.94. The molecule has 0 radical (unpaired) electrons. The lowest BCUT2D eigenvalue weighted by Crippen LogP contribution is -2.48. The lowest BCUT2D eigenvalue weighted by atomic mass is 10.0. The zero-order valence-corrected chi connectivity index (χ0v) is 19.3. The van der Waals surface area contributed by atoms with Gasteiger partial charge in [0.15, 0.2) is 5.96 Å². The van der Waals surface area contributed by atoms with E-state index in [0.717, 1.165) is 61.9 Å². The minimum Gasteiger partial charge on any atom is -0.490 e. The summed E-state index contributed by atoms with van der Waals surface area (Å²) in [5.74, 6) is 4.41. The molecule has 1 N–H and O–H groups in total. The Morgan fingerprint density at radius 1 is 1.07 bits per heavy atom. The monoisotopic (exact) mass is 503 g/mol. The summed E-state index contributed by atoms with van der Waals surface area (Å²) in [6.45, 7) is 3.03. The van der Waals surface area contributed by atoms with Crippen LogP contribution in [0.3, 0.4) is 0 Å². The lowest BCUT2D eigenvalue weighted by molar-refractivity contribution is 0.129. The minimum atomic E-state index is 0. The molecule has 154 valence electrons. The summed E-state index contributed by atoms with van der Waals surface area (Å²) >= 11 is 0. The number of hydrogen-bond donors (Lipinski definition) is 1. The lowest BCUT2D eigenvalue weighted by Gasteiger charge is -2.34. The number of ether oxygens (including phenoxy) is 1. The van der Waals surface area contributed by atoms with Crippen molar-refractivity contribution >= 4 is 29.9 Å². The van der Waals surface area contributed by atoms with Crippen molar-refractivity contribution in [3.05, 3.63) is 65.7 Å². The molecule has 3 atom stereocenters. The predicted octanol–water partition coefficient (Wildman–Crippen LogP) is 4.31. The number of para-hydroxylation sites is 1. The highest BCUT2D eigenvalue weighted by molar-refractivity contribution is 14.0. The third kappa shape index (κ3) is 4.25. The van der Waals surface area contributed by atoms with Gasteiger partial charge in [0.25, 0.3) is 0 Å². The van der Waals surface area contributed by atoms with Gasteiger partial charge in [-0.3, -0.25) is 4.99 Å². The highest BCUT2D eigenvalue weighted by atomic mass is 127. The van der Waals surface area contributed by atoms with E-state index in [1.807, 2.05) is 37.4 Å². The molecule has 4 nitrogen and oxygen atoms in total. The Labute approximate surface area is 190 Å². The molecule has 0 amide bonds. The highest BCUT2D eigenvalue weighted by Crippen LogP contribution is 2.60. The van der Waals surface area contributed by atoms with E-state index in [4.69, 9.17) is 4.74 Å². The van der Waals surface area contributed by atoms with E-state index in [1.54, 1.807) is 11.1 Å². The Balaban J connectivity index is 0.00000205. The van der Waals surface area contributed by atoms with Gasteiger partial charge < -0.3 is 15.0 Å². The molecular weight excluding hydrogens is 473 g/mol. The second-order valence-corrected chi connectivity index (χ2v) is 8.30. The normalized spacial score (nSPS) is 25.6. The zero-order valence-electron chi connectivity index (χ0n) is 17.0. The number of benzene rings is 2. The van der Waals surface area contributed by atoms with E-state index in [2.05, 4.69) is 39.5 Å². The molecule has 1 saturated heterocycles. The fourth-order valence-electron chi connectivity index (χ4n) is 5.18. The Kier molecular flexibility index (Phi) is 6.32. The number of likely N-dealkylation sites (tertiary alicyclic amines) is 1. The van der Waals surface area contributed by atoms with Crippen molar-refractivity contribution in [1.82, 2.24) is 10.2 Å². The zero-order chi connectivity index (χ0) is 18.9. The average molecular weight is 503 g/mol. The molecule has 1 saturated carbocycles. The first kappa shape index (κ1) is 20.5. The smallest absolute Gasteiger partial charge is 0.193 e. The van der Waals surface area contributed by atoms with Crippen molar-refractivity contribution in [2.75, 3.05) is 26.7 Å². The Morgan fingerprint density at radius 2 is 1.79 bits per heavy atom. The van der Waals surface area contributed by atoms with Crippen LogP contribution in [0.25, 0.3) is 0 Å². The highest BCUT2D eigenvalue weighted by Gasteiger charge is 2.55. The Bertz CT molecular complexity index is 848. The van der Waals surface area contributed by atoms with Crippen LogP contribution in [-0.2, 0) is 6.42 Å². The number of fused-ring (bicyclic) bond motifs is 3. The van der Waals surface area contributed by atoms with Crippen LogP contribution < -0.4 is 10.1 Å². The van der Waals surface area contributed by atoms with E-state index < -0.39 is 0 Å². The number of hydrogen-bond acceptors (Lipinski definition) is 2. The number of rotatable bonds is 4. The second-order valence-electron chi connectivity index (χ2n) is 8.30. The summed E-state index contributed by atoms with van der Waals surface area (Å²) in [7, 11) is 1.90. The molecule has 29 heavy (non-hydrogen) atoms. The summed E-state index contributed by atoms with van der Waals surface area (Å²) in [4.78, 5) is 6.94. The van der Waals surface area contributed by atoms with Crippen LogP contribution in [0.2, 0.25) is 0 Å². The number of aliphatic imine (C=N–C) groups is 1. The first-order chi connectivity index (χ1) is 13.8. The van der Waals surface area contributed by atoms with Gasteiger partial charge >= 0.3 is 0 Å². The molecule has 0 aromatic heterocycles. The van der Waals surface area contributed by atoms with Crippen LogP contribution in [0, 0.1) is 11.8 Å². The molecule has 5 rings (SSSR count). The molecule has 2 aromatic rings. The summed E-state index contributed by atoms with van der Waals surface area (Å²) in [5, 5.41) is 3.66. The van der Waals surface area contributed by atoms with Crippen molar-refractivity contribution < 1.29 is 4.74 Å². The number of guanidine groups is 1. The van der Waals surface area contributed by atoms with E-state index in [1.165, 1.54) is 6.42 Å². The van der Waals surface area contributed by atoms with Gasteiger partial charge in [-0.25, -0.2) is 0 Å². The molecule has 5 heteroatoms. The molecule has 0 bridgehead atoms.